The number of nitrogens with zero attached hydrogens (tertiary/aromatic N) is 3. The first kappa shape index (κ1) is 18.8. The number of ether oxygens (including phenoxy) is 1. The molecule has 3 aromatic rings. The van der Waals surface area contributed by atoms with Crippen molar-refractivity contribution in [3.8, 4) is 11.1 Å². The minimum absolute atomic E-state index is 0.00534. The van der Waals surface area contributed by atoms with E-state index in [4.69, 9.17) is 4.74 Å². The summed E-state index contributed by atoms with van der Waals surface area (Å²) < 4.78 is 7.12. The molecule has 1 amide bonds. The Morgan fingerprint density at radius 3 is 2.57 bits per heavy atom. The molecule has 1 aliphatic rings. The first-order valence-electron chi connectivity index (χ1n) is 9.41. The predicted octanol–water partition coefficient (Wildman–Crippen LogP) is 3.07. The number of carbonyl (C=O) groups is 1. The molecule has 0 saturated carbocycles. The zero-order chi connectivity index (χ0) is 19.8. The summed E-state index contributed by atoms with van der Waals surface area (Å²) in [6.45, 7) is 6.98. The summed E-state index contributed by atoms with van der Waals surface area (Å²) in [6.07, 6.45) is 1.48. The lowest BCUT2D eigenvalue weighted by atomic mass is 10.0. The third-order valence-corrected chi connectivity index (χ3v) is 6.01. The van der Waals surface area contributed by atoms with Gasteiger partial charge in [-0.25, -0.2) is 4.98 Å². The van der Waals surface area contributed by atoms with Crippen LogP contribution in [0, 0.1) is 6.92 Å². The molecule has 0 unspecified atom stereocenters. The van der Waals surface area contributed by atoms with Gasteiger partial charge in [0.05, 0.1) is 23.9 Å². The average molecular weight is 398 g/mol. The summed E-state index contributed by atoms with van der Waals surface area (Å²) in [4.78, 5) is 34.0. The monoisotopic (exact) mass is 397 g/mol. The minimum atomic E-state index is -0.170. The lowest BCUT2D eigenvalue weighted by Gasteiger charge is -2.35. The normalized spacial score (nSPS) is 19.9. The summed E-state index contributed by atoms with van der Waals surface area (Å²) in [7, 11) is 0. The van der Waals surface area contributed by atoms with Gasteiger partial charge in [-0.2, -0.15) is 0 Å². The van der Waals surface area contributed by atoms with Gasteiger partial charge in [0.15, 0.2) is 0 Å². The van der Waals surface area contributed by atoms with E-state index in [1.165, 1.54) is 22.2 Å². The quantitative estimate of drug-likeness (QED) is 0.681. The van der Waals surface area contributed by atoms with Crippen molar-refractivity contribution in [2.24, 2.45) is 0 Å². The molecule has 2 aromatic heterocycles. The summed E-state index contributed by atoms with van der Waals surface area (Å²) >= 11 is 1.51. The number of rotatable bonds is 3. The average Bonchev–Trinajstić information content (AvgIpc) is 3.00. The lowest BCUT2D eigenvalue weighted by molar-refractivity contribution is -0.143. The Bertz CT molecular complexity index is 1060. The molecule has 4 rings (SSSR count). The van der Waals surface area contributed by atoms with Crippen LogP contribution in [0.1, 0.15) is 18.7 Å². The van der Waals surface area contributed by atoms with E-state index >= 15 is 0 Å². The van der Waals surface area contributed by atoms with Crippen LogP contribution in [0.25, 0.3) is 21.3 Å². The summed E-state index contributed by atoms with van der Waals surface area (Å²) in [5.41, 5.74) is 1.73. The summed E-state index contributed by atoms with van der Waals surface area (Å²) in [6, 6.07) is 9.85. The molecule has 146 valence electrons. The molecule has 1 aliphatic heterocycles. The number of fused-ring (bicyclic) bond motifs is 1. The van der Waals surface area contributed by atoms with Crippen molar-refractivity contribution >= 4 is 27.5 Å². The largest absolute Gasteiger partial charge is 0.372 e. The number of carbonyl (C=O) groups excluding carboxylic acids is 1. The van der Waals surface area contributed by atoms with Gasteiger partial charge in [0.1, 0.15) is 11.4 Å². The topological polar surface area (TPSA) is 64.4 Å². The molecule has 2 atom stereocenters. The zero-order valence-electron chi connectivity index (χ0n) is 16.2. The van der Waals surface area contributed by atoms with Gasteiger partial charge in [-0.3, -0.25) is 14.2 Å². The zero-order valence-corrected chi connectivity index (χ0v) is 17.0. The van der Waals surface area contributed by atoms with Gasteiger partial charge < -0.3 is 9.64 Å². The van der Waals surface area contributed by atoms with Crippen LogP contribution in [-0.2, 0) is 16.1 Å². The molecule has 1 fully saturated rings. The molecule has 1 saturated heterocycles. The van der Waals surface area contributed by atoms with Crippen molar-refractivity contribution in [1.82, 2.24) is 14.5 Å². The van der Waals surface area contributed by atoms with Gasteiger partial charge in [-0.15, -0.1) is 11.3 Å². The highest BCUT2D eigenvalue weighted by atomic mass is 32.1. The Labute approximate surface area is 167 Å². The van der Waals surface area contributed by atoms with Crippen LogP contribution in [0.4, 0.5) is 0 Å². The first-order chi connectivity index (χ1) is 13.4. The van der Waals surface area contributed by atoms with E-state index in [2.05, 4.69) is 4.98 Å². The van der Waals surface area contributed by atoms with Crippen molar-refractivity contribution in [2.75, 3.05) is 13.1 Å². The predicted molar refractivity (Wildman–Crippen MR) is 111 cm³/mol. The van der Waals surface area contributed by atoms with Crippen LogP contribution in [-0.4, -0.2) is 45.7 Å². The molecule has 3 heterocycles. The standard InChI is InChI=1S/C21H23N3O3S/c1-13-9-23(10-14(2)27-13)17(25)11-24-12-22-20-19(21(24)26)18(15(3)28-20)16-7-5-4-6-8-16/h4-8,12-14H,9-11H2,1-3H3/t13-,14-/m1/s1. The number of morpholine rings is 1. The fraction of sp³-hybridized carbons (Fsp3) is 0.381. The van der Waals surface area contributed by atoms with Crippen LogP contribution in [0.2, 0.25) is 0 Å². The van der Waals surface area contributed by atoms with E-state index < -0.39 is 0 Å². The van der Waals surface area contributed by atoms with Gasteiger partial charge in [-0.1, -0.05) is 30.3 Å². The number of hydrogen-bond acceptors (Lipinski definition) is 5. The third kappa shape index (κ3) is 3.47. The molecule has 0 radical (unpaired) electrons. The lowest BCUT2D eigenvalue weighted by Crippen LogP contribution is -2.49. The number of amides is 1. The van der Waals surface area contributed by atoms with E-state index in [1.54, 1.807) is 4.90 Å². The van der Waals surface area contributed by atoms with Crippen LogP contribution in [0.3, 0.4) is 0 Å². The number of aromatic nitrogens is 2. The molecule has 6 nitrogen and oxygen atoms in total. The molecule has 28 heavy (non-hydrogen) atoms. The molecule has 0 bridgehead atoms. The maximum Gasteiger partial charge on any atom is 0.263 e. The van der Waals surface area contributed by atoms with E-state index in [0.29, 0.717) is 23.3 Å². The Kier molecular flexibility index (Phi) is 5.03. The SMILES string of the molecule is Cc1sc2ncn(CC(=O)N3C[C@@H](C)O[C@H](C)C3)c(=O)c2c1-c1ccccc1. The minimum Gasteiger partial charge on any atom is -0.372 e. The summed E-state index contributed by atoms with van der Waals surface area (Å²) in [5, 5.41) is 0.590. The van der Waals surface area contributed by atoms with Crippen molar-refractivity contribution in [3.63, 3.8) is 0 Å². The highest BCUT2D eigenvalue weighted by Crippen LogP contribution is 2.35. The van der Waals surface area contributed by atoms with Crippen molar-refractivity contribution in [2.45, 2.75) is 39.5 Å². The van der Waals surface area contributed by atoms with Gasteiger partial charge in [-0.05, 0) is 26.3 Å². The number of aryl methyl sites for hydroxylation is 1. The molecule has 1 aromatic carbocycles. The van der Waals surface area contributed by atoms with Crippen molar-refractivity contribution < 1.29 is 9.53 Å². The van der Waals surface area contributed by atoms with Crippen LogP contribution < -0.4 is 5.56 Å². The van der Waals surface area contributed by atoms with E-state index in [0.717, 1.165) is 16.0 Å². The van der Waals surface area contributed by atoms with Gasteiger partial charge >= 0.3 is 0 Å². The van der Waals surface area contributed by atoms with Crippen LogP contribution >= 0.6 is 11.3 Å². The maximum absolute atomic E-state index is 13.2. The molecule has 0 aliphatic carbocycles. The Hall–Kier alpha value is -2.51. The third-order valence-electron chi connectivity index (χ3n) is 5.00. The van der Waals surface area contributed by atoms with Gasteiger partial charge in [0, 0.05) is 23.5 Å². The Morgan fingerprint density at radius 2 is 1.89 bits per heavy atom. The molecule has 0 N–H and O–H groups in total. The first-order valence-corrected chi connectivity index (χ1v) is 10.2. The second-order valence-corrected chi connectivity index (χ2v) is 8.52. The van der Waals surface area contributed by atoms with E-state index in [1.807, 2.05) is 51.1 Å². The Balaban J connectivity index is 1.70. The number of benzene rings is 1. The smallest absolute Gasteiger partial charge is 0.263 e. The molecular weight excluding hydrogens is 374 g/mol. The molecule has 0 spiro atoms. The second-order valence-electron chi connectivity index (χ2n) is 7.31. The van der Waals surface area contributed by atoms with E-state index in [9.17, 15) is 9.59 Å². The fourth-order valence-corrected chi connectivity index (χ4v) is 4.83. The van der Waals surface area contributed by atoms with Crippen LogP contribution in [0.15, 0.2) is 41.5 Å². The van der Waals surface area contributed by atoms with Gasteiger partial charge in [0.2, 0.25) is 5.91 Å². The number of thiophene rings is 1. The Morgan fingerprint density at radius 1 is 1.21 bits per heavy atom. The highest BCUT2D eigenvalue weighted by molar-refractivity contribution is 7.19. The maximum atomic E-state index is 13.2. The molecule has 7 heteroatoms. The van der Waals surface area contributed by atoms with Crippen molar-refractivity contribution in [1.29, 1.82) is 0 Å². The fourth-order valence-electron chi connectivity index (χ4n) is 3.83. The highest BCUT2D eigenvalue weighted by Gasteiger charge is 2.26. The number of hydrogen-bond donors (Lipinski definition) is 0. The van der Waals surface area contributed by atoms with E-state index in [-0.39, 0.29) is 30.2 Å². The van der Waals surface area contributed by atoms with Crippen LogP contribution in [0.5, 0.6) is 0 Å². The summed E-state index contributed by atoms with van der Waals surface area (Å²) in [5.74, 6) is -0.0848. The van der Waals surface area contributed by atoms with Gasteiger partial charge in [0.25, 0.3) is 5.56 Å². The van der Waals surface area contributed by atoms with Crippen molar-refractivity contribution in [3.05, 3.63) is 51.9 Å². The second kappa shape index (κ2) is 7.48. The molecular formula is C21H23N3O3S.